The van der Waals surface area contributed by atoms with Gasteiger partial charge in [-0.25, -0.2) is 9.78 Å². The molecule has 3 heterocycles. The number of carbonyl (C=O) groups excluding carboxylic acids is 15. The van der Waals surface area contributed by atoms with E-state index in [4.69, 9.17) is 40.1 Å². The van der Waals surface area contributed by atoms with Crippen LogP contribution in [0.4, 0.5) is 0 Å². The number of carboxylic acid groups (broad SMARTS) is 1. The fraction of sp³-hybridized carbons (Fsp3) is 0.575. The fourth-order valence-electron chi connectivity index (χ4n) is 17.7. The minimum Gasteiger partial charge on any atom is -0.480 e. The summed E-state index contributed by atoms with van der Waals surface area (Å²) in [6.07, 6.45) is 10.3. The second-order valence-electron chi connectivity index (χ2n) is 39.4. The fourth-order valence-corrected chi connectivity index (χ4v) is 17.7. The lowest BCUT2D eigenvalue weighted by Crippen LogP contribution is -2.61. The topological polar surface area (TPSA) is 692 Å². The summed E-state index contributed by atoms with van der Waals surface area (Å²) >= 11 is 0. The second-order valence-corrected chi connectivity index (χ2v) is 39.4. The third-order valence-electron chi connectivity index (χ3n) is 26.3. The number of nitrogens with zero attached hydrogens (tertiary/aromatic N) is 2. The molecule has 1 saturated heterocycles. The molecule has 4 aromatic carbocycles. The van der Waals surface area contributed by atoms with E-state index >= 15 is 33.6 Å². The smallest absolute Gasteiger partial charge is 0.326 e. The third-order valence-corrected chi connectivity index (χ3v) is 26.3. The zero-order chi connectivity index (χ0) is 108. The first-order chi connectivity index (χ1) is 71.0. The minimum atomic E-state index is -1.48. The van der Waals surface area contributed by atoms with E-state index in [0.717, 1.165) is 16.5 Å². The number of aromatic nitrogens is 3. The molecule has 0 radical (unpaired) electrons. The van der Waals surface area contributed by atoms with Crippen LogP contribution in [0.1, 0.15) is 224 Å². The van der Waals surface area contributed by atoms with Crippen molar-refractivity contribution in [2.24, 2.45) is 57.9 Å². The summed E-state index contributed by atoms with van der Waals surface area (Å²) in [6, 6.07) is 12.9. The third kappa shape index (κ3) is 41.5. The van der Waals surface area contributed by atoms with Gasteiger partial charge in [0.05, 0.1) is 12.4 Å². The van der Waals surface area contributed by atoms with Crippen molar-refractivity contribution in [1.82, 2.24) is 94.3 Å². The second kappa shape index (κ2) is 65.6. The Bertz CT molecular complexity index is 5150. The number of nitrogens with one attached hydrogen (secondary N) is 16. The number of unbranched alkanes of at least 4 members (excludes halogenated alkanes) is 6. The largest absolute Gasteiger partial charge is 0.480 e. The normalized spacial score (nSPS) is 15.7. The molecule has 17 atom stereocenters. The van der Waals surface area contributed by atoms with E-state index in [1.807, 2.05) is 31.2 Å². The number of rotatable bonds is 70. The Morgan fingerprint density at radius 1 is 0.372 bits per heavy atom. The van der Waals surface area contributed by atoms with Crippen LogP contribution < -0.4 is 115 Å². The molecule has 2 aromatic heterocycles. The average molecular weight is 2060 g/mol. The highest BCUT2D eigenvalue weighted by atomic mass is 16.4. The molecule has 42 nitrogen and oxygen atoms in total. The molecule has 814 valence electrons. The maximum absolute atomic E-state index is 15.4. The van der Waals surface area contributed by atoms with Crippen LogP contribution in [-0.2, 0) is 109 Å². The Kier molecular flexibility index (Phi) is 54.0. The summed E-state index contributed by atoms with van der Waals surface area (Å²) in [5.41, 5.74) is 46.0. The number of benzene rings is 4. The van der Waals surface area contributed by atoms with Crippen LogP contribution in [0.25, 0.3) is 10.9 Å². The van der Waals surface area contributed by atoms with Crippen molar-refractivity contribution in [1.29, 1.82) is 0 Å². The van der Waals surface area contributed by atoms with Gasteiger partial charge in [0.2, 0.25) is 88.6 Å². The molecule has 31 N–H and O–H groups in total. The van der Waals surface area contributed by atoms with E-state index in [2.05, 4.69) is 89.4 Å². The molecule has 1 aliphatic heterocycles. The molecule has 1 aliphatic rings. The van der Waals surface area contributed by atoms with E-state index in [9.17, 15) is 48.3 Å². The Morgan fingerprint density at radius 2 is 0.703 bits per heavy atom. The van der Waals surface area contributed by atoms with Gasteiger partial charge in [-0.05, 0) is 240 Å². The predicted molar refractivity (Wildman–Crippen MR) is 564 cm³/mol. The lowest BCUT2D eigenvalue weighted by atomic mass is 9.96. The molecule has 1 fully saturated rings. The Balaban J connectivity index is 1.06. The number of carbonyl (C=O) groups is 16. The molecular formula is C106H163N25O17. The van der Waals surface area contributed by atoms with Crippen LogP contribution in [0.5, 0.6) is 0 Å². The summed E-state index contributed by atoms with van der Waals surface area (Å²) in [6.45, 7) is 13.7. The molecule has 6 aromatic rings. The van der Waals surface area contributed by atoms with Crippen LogP contribution >= 0.6 is 0 Å². The molecule has 0 bridgehead atoms. The molecule has 0 saturated carbocycles. The molecule has 148 heavy (non-hydrogen) atoms. The summed E-state index contributed by atoms with van der Waals surface area (Å²) in [5.74, 6) is -13.8. The Morgan fingerprint density at radius 3 is 1.09 bits per heavy atom. The zero-order valence-electron chi connectivity index (χ0n) is 86.8. The number of fused-ring (bicyclic) bond motifs is 1. The molecule has 15 amide bonds. The van der Waals surface area contributed by atoms with Gasteiger partial charge in [0.25, 0.3) is 0 Å². The van der Waals surface area contributed by atoms with Crippen molar-refractivity contribution in [3.8, 4) is 0 Å². The lowest BCUT2D eigenvalue weighted by Gasteiger charge is -2.33. The number of aliphatic carboxylic acids is 1. The van der Waals surface area contributed by atoms with Crippen molar-refractivity contribution in [3.05, 3.63) is 162 Å². The maximum atomic E-state index is 15.4. The van der Waals surface area contributed by atoms with Crippen LogP contribution in [0, 0.1) is 17.8 Å². The average Bonchev–Trinajstić information content (AvgIpc) is 1.63. The number of likely N-dealkylation sites (tertiary alicyclic amines) is 1. The van der Waals surface area contributed by atoms with E-state index in [1.54, 1.807) is 132 Å². The van der Waals surface area contributed by atoms with Crippen molar-refractivity contribution < 1.29 is 81.8 Å². The van der Waals surface area contributed by atoms with Crippen molar-refractivity contribution in [2.45, 2.75) is 325 Å². The number of nitrogens with two attached hydrogens (primary N) is 7. The highest BCUT2D eigenvalue weighted by Crippen LogP contribution is 2.26. The highest BCUT2D eigenvalue weighted by Gasteiger charge is 2.44. The van der Waals surface area contributed by atoms with Gasteiger partial charge in [-0.1, -0.05) is 157 Å². The zero-order valence-corrected chi connectivity index (χ0v) is 86.8. The Labute approximate surface area is 867 Å². The predicted octanol–water partition coefficient (Wildman–Crippen LogP) is 1.53. The number of carboxylic acids is 1. The van der Waals surface area contributed by atoms with Crippen LogP contribution in [0.2, 0.25) is 0 Å². The highest BCUT2D eigenvalue weighted by molar-refractivity contribution is 6.01. The number of hydrogen-bond donors (Lipinski definition) is 24. The number of para-hydroxylation sites is 1. The summed E-state index contributed by atoms with van der Waals surface area (Å²) in [7, 11) is 0. The summed E-state index contributed by atoms with van der Waals surface area (Å²) in [5, 5.41) is 50.2. The Hall–Kier alpha value is -13.1. The first-order valence-corrected chi connectivity index (χ1v) is 52.4. The van der Waals surface area contributed by atoms with E-state index < -0.39 is 197 Å². The van der Waals surface area contributed by atoms with Crippen LogP contribution in [0.15, 0.2) is 134 Å². The van der Waals surface area contributed by atoms with Crippen LogP contribution in [0.3, 0.4) is 0 Å². The minimum absolute atomic E-state index is 0.00317. The molecule has 0 spiro atoms. The van der Waals surface area contributed by atoms with Gasteiger partial charge in [-0.3, -0.25) is 71.9 Å². The molecular weight excluding hydrogens is 1900 g/mol. The number of amides is 15. The van der Waals surface area contributed by atoms with Gasteiger partial charge in [0.15, 0.2) is 0 Å². The summed E-state index contributed by atoms with van der Waals surface area (Å²) < 4.78 is 0. The van der Waals surface area contributed by atoms with Gasteiger partial charge in [0.1, 0.15) is 90.6 Å². The van der Waals surface area contributed by atoms with Gasteiger partial charge >= 0.3 is 5.97 Å². The van der Waals surface area contributed by atoms with E-state index in [-0.39, 0.29) is 141 Å². The van der Waals surface area contributed by atoms with Crippen LogP contribution in [-0.4, -0.2) is 262 Å². The van der Waals surface area contributed by atoms with E-state index in [1.165, 1.54) is 24.3 Å². The molecule has 42 heteroatoms. The van der Waals surface area contributed by atoms with E-state index in [0.29, 0.717) is 119 Å². The SMILES string of the molecule is CC[C@H](C)[C@H](NC(=O)[C@H](CCCCN)NC(=O)[C@H](CCCCN)NC(=O)[C@H](Cc1ccccc1)NC(=O)[C@H](CCCCN)NC(=O)[C@@H](N)Cc1c[nH]c2ccccc12)C(=O)N1CCC[C@H]1C(=O)N[C@@H](CCCCN)C(=O)N[C@@H](Cc1ccccc1)C(=O)N[C@@H](CC(C)C)C(=O)N[C@@H](Cc1cnc[nH]1)C(=O)N[C@@H](CC(C)C)C(=O)N[C@@H](C)C(=O)N[C@@H](CCCCN)C(=O)N[C@@H](CCCCN)C(=O)N[C@@H](Cc1ccccc1)C(=O)O. The van der Waals surface area contributed by atoms with Gasteiger partial charge in [-0.2, -0.15) is 0 Å². The van der Waals surface area contributed by atoms with Gasteiger partial charge in [0, 0.05) is 61.2 Å². The number of H-pyrrole nitrogens is 2. The summed E-state index contributed by atoms with van der Waals surface area (Å²) in [4.78, 5) is 246. The van der Waals surface area contributed by atoms with Crippen molar-refractivity contribution in [3.63, 3.8) is 0 Å². The van der Waals surface area contributed by atoms with Crippen molar-refractivity contribution >= 4 is 105 Å². The van der Waals surface area contributed by atoms with Crippen molar-refractivity contribution in [2.75, 3.05) is 45.8 Å². The number of imidazole rings is 1. The lowest BCUT2D eigenvalue weighted by molar-refractivity contribution is -0.143. The standard InChI is InChI=1S/C106H163N25O17/c1-8-67(6)90(130-98(139)82(46-25-31-53-112)121-94(135)79(43-22-28-50-109)122-101(142)85(57-69-33-12-9-13-34-69)126-95(136)78(42-21-27-49-108)119-92(133)75(113)60-72-62-115-76-40-19-18-39-74(72)76)105(146)131-54-32-47-89(131)104(145)123-81(45-24-30-52-111)96(137)127-86(58-70-35-14-10-15-36-70)102(143)125-84(56-66(4)5)100(141)128-87(61-73-63-114-64-116-73)103(144)124-83(55-65(2)3)99(140)117-68(7)91(132)118-77(41-20-26-48-107)93(134)120-80(44-23-29-51-110)97(138)129-88(106(147)148)59-71-37-16-11-17-38-71/h9-19,33-40,62-68,75,77-90,115H,8,20-32,41-61,107-113H2,1-7H3,(H,114,116)(H,117,140)(H,118,132)(H,119,133)(H,120,134)(H,121,135)(H,122,142)(H,123,145)(H,124,144)(H,125,143)(H,126,136)(H,127,137)(H,128,141)(H,129,138)(H,130,139)(H,147,148)/t67-,68-,75-,77-,78-,79-,80-,81-,82-,83-,84-,85-,86-,87-,88-,89-,90-/m0/s1. The first kappa shape index (κ1) is 122. The molecule has 7 rings (SSSR count). The maximum Gasteiger partial charge on any atom is 0.326 e. The monoisotopic (exact) mass is 2060 g/mol. The first-order valence-electron chi connectivity index (χ1n) is 52.4. The molecule has 0 aliphatic carbocycles. The quantitative estimate of drug-likeness (QED) is 0.0241. The number of hydrogen-bond acceptors (Lipinski definition) is 24. The van der Waals surface area contributed by atoms with Gasteiger partial charge in [-0.15, -0.1) is 0 Å². The van der Waals surface area contributed by atoms with Gasteiger partial charge < -0.3 is 135 Å². The number of aromatic amines is 2. The molecule has 0 unspecified atom stereocenters.